The molecule has 2 aromatic carbocycles. The first kappa shape index (κ1) is 18.5. The number of hydrogen-bond acceptors (Lipinski definition) is 6. The van der Waals surface area contributed by atoms with Crippen LogP contribution in [0.1, 0.15) is 17.5 Å². The van der Waals surface area contributed by atoms with Crippen LogP contribution in [0.3, 0.4) is 0 Å². The molecule has 0 N–H and O–H groups in total. The first-order valence-corrected chi connectivity index (χ1v) is 8.51. The Kier molecular flexibility index (Phi) is 5.76. The van der Waals surface area contributed by atoms with E-state index in [9.17, 15) is 9.59 Å². The van der Waals surface area contributed by atoms with Crippen LogP contribution in [-0.2, 0) is 16.1 Å². The summed E-state index contributed by atoms with van der Waals surface area (Å²) in [6.45, 7) is 2.11. The van der Waals surface area contributed by atoms with Gasteiger partial charge in [0.25, 0.3) is 0 Å². The average Bonchev–Trinajstić information content (AvgIpc) is 2.66. The molecule has 0 aliphatic carbocycles. The van der Waals surface area contributed by atoms with Crippen molar-refractivity contribution in [2.24, 2.45) is 0 Å². The molecule has 0 aliphatic rings. The molecule has 0 saturated heterocycles. The Labute approximate surface area is 156 Å². The molecule has 6 heteroatoms. The number of benzene rings is 2. The SMILES string of the molecule is COc1ccc(OCCC(=O)OCc2cc(=O)oc3cc(C)ccc23)cc1. The highest BCUT2D eigenvalue weighted by molar-refractivity contribution is 5.81. The van der Waals surface area contributed by atoms with Crippen LogP contribution in [0.5, 0.6) is 11.5 Å². The van der Waals surface area contributed by atoms with Crippen LogP contribution in [0.2, 0.25) is 0 Å². The third-order valence-electron chi connectivity index (χ3n) is 4.01. The van der Waals surface area contributed by atoms with E-state index >= 15 is 0 Å². The van der Waals surface area contributed by atoms with Crippen LogP contribution < -0.4 is 15.1 Å². The highest BCUT2D eigenvalue weighted by atomic mass is 16.5. The zero-order chi connectivity index (χ0) is 19.2. The van der Waals surface area contributed by atoms with Crippen LogP contribution in [0.25, 0.3) is 11.0 Å². The number of carbonyl (C=O) groups excluding carboxylic acids is 1. The molecule has 0 fully saturated rings. The minimum Gasteiger partial charge on any atom is -0.497 e. The van der Waals surface area contributed by atoms with Gasteiger partial charge in [-0.25, -0.2) is 4.79 Å². The molecular weight excluding hydrogens is 348 g/mol. The predicted octanol–water partition coefficient (Wildman–Crippen LogP) is 3.62. The van der Waals surface area contributed by atoms with E-state index in [1.165, 1.54) is 6.07 Å². The maximum absolute atomic E-state index is 12.0. The molecule has 0 saturated carbocycles. The Hall–Kier alpha value is -3.28. The molecule has 27 heavy (non-hydrogen) atoms. The second-order valence-corrected chi connectivity index (χ2v) is 6.02. The third kappa shape index (κ3) is 4.88. The largest absolute Gasteiger partial charge is 0.497 e. The Morgan fingerprint density at radius 1 is 1.04 bits per heavy atom. The Balaban J connectivity index is 1.54. The molecule has 1 heterocycles. The van der Waals surface area contributed by atoms with Crippen LogP contribution >= 0.6 is 0 Å². The van der Waals surface area contributed by atoms with Crippen molar-refractivity contribution in [1.29, 1.82) is 0 Å². The van der Waals surface area contributed by atoms with E-state index in [1.54, 1.807) is 37.4 Å². The van der Waals surface area contributed by atoms with Gasteiger partial charge < -0.3 is 18.6 Å². The lowest BCUT2D eigenvalue weighted by Gasteiger charge is -2.09. The number of esters is 1. The van der Waals surface area contributed by atoms with Crippen LogP contribution in [0.4, 0.5) is 0 Å². The van der Waals surface area contributed by atoms with Gasteiger partial charge in [0, 0.05) is 17.0 Å². The van der Waals surface area contributed by atoms with Crippen molar-refractivity contribution in [1.82, 2.24) is 0 Å². The van der Waals surface area contributed by atoms with Gasteiger partial charge in [-0.1, -0.05) is 12.1 Å². The van der Waals surface area contributed by atoms with Crippen molar-refractivity contribution in [3.63, 3.8) is 0 Å². The average molecular weight is 368 g/mol. The second-order valence-electron chi connectivity index (χ2n) is 6.02. The lowest BCUT2D eigenvalue weighted by molar-refractivity contribution is -0.145. The molecule has 6 nitrogen and oxygen atoms in total. The molecule has 0 amide bonds. The quantitative estimate of drug-likeness (QED) is 0.468. The van der Waals surface area contributed by atoms with Crippen LogP contribution in [0.15, 0.2) is 57.7 Å². The predicted molar refractivity (Wildman–Crippen MR) is 100 cm³/mol. The molecule has 0 bridgehead atoms. The summed E-state index contributed by atoms with van der Waals surface area (Å²) in [5, 5.41) is 0.752. The van der Waals surface area contributed by atoms with Crippen molar-refractivity contribution in [2.75, 3.05) is 13.7 Å². The molecule has 3 rings (SSSR count). The smallest absolute Gasteiger partial charge is 0.336 e. The highest BCUT2D eigenvalue weighted by Gasteiger charge is 2.09. The van der Waals surface area contributed by atoms with Crippen molar-refractivity contribution in [2.45, 2.75) is 20.0 Å². The number of ether oxygens (including phenoxy) is 3. The second kappa shape index (κ2) is 8.40. The summed E-state index contributed by atoms with van der Waals surface area (Å²) < 4.78 is 21.1. The topological polar surface area (TPSA) is 75.0 Å². The Bertz CT molecular complexity index is 988. The van der Waals surface area contributed by atoms with Crippen molar-refractivity contribution in [3.05, 3.63) is 70.1 Å². The molecule has 0 radical (unpaired) electrons. The van der Waals surface area contributed by atoms with Gasteiger partial charge in [-0.3, -0.25) is 4.79 Å². The lowest BCUT2D eigenvalue weighted by atomic mass is 10.1. The first-order chi connectivity index (χ1) is 13.0. The van der Waals surface area contributed by atoms with Gasteiger partial charge in [-0.15, -0.1) is 0 Å². The zero-order valence-electron chi connectivity index (χ0n) is 15.2. The Morgan fingerprint density at radius 3 is 2.52 bits per heavy atom. The minimum atomic E-state index is -0.470. The maximum atomic E-state index is 12.0. The zero-order valence-corrected chi connectivity index (χ0v) is 15.2. The first-order valence-electron chi connectivity index (χ1n) is 8.51. The summed E-state index contributed by atoms with van der Waals surface area (Å²) in [6, 6.07) is 14.0. The van der Waals surface area contributed by atoms with Gasteiger partial charge in [0.1, 0.15) is 23.7 Å². The van der Waals surface area contributed by atoms with Crippen molar-refractivity contribution >= 4 is 16.9 Å². The van der Waals surface area contributed by atoms with E-state index in [1.807, 2.05) is 19.1 Å². The number of hydrogen-bond donors (Lipinski definition) is 0. The summed E-state index contributed by atoms with van der Waals surface area (Å²) in [7, 11) is 1.59. The number of aryl methyl sites for hydroxylation is 1. The number of methoxy groups -OCH3 is 1. The monoisotopic (exact) mass is 368 g/mol. The molecule has 1 aromatic heterocycles. The number of fused-ring (bicyclic) bond motifs is 1. The summed E-state index contributed by atoms with van der Waals surface area (Å²) >= 11 is 0. The molecule has 0 atom stereocenters. The van der Waals surface area contributed by atoms with E-state index in [4.69, 9.17) is 18.6 Å². The van der Waals surface area contributed by atoms with Gasteiger partial charge in [-0.05, 0) is 42.8 Å². The third-order valence-corrected chi connectivity index (χ3v) is 4.01. The van der Waals surface area contributed by atoms with Crippen LogP contribution in [0, 0.1) is 6.92 Å². The van der Waals surface area contributed by atoms with Gasteiger partial charge in [0.05, 0.1) is 20.1 Å². The van der Waals surface area contributed by atoms with Gasteiger partial charge in [-0.2, -0.15) is 0 Å². The normalized spacial score (nSPS) is 10.6. The summed E-state index contributed by atoms with van der Waals surface area (Å²) in [5.41, 5.74) is 1.61. The molecule has 0 unspecified atom stereocenters. The van der Waals surface area contributed by atoms with E-state index in [0.29, 0.717) is 16.9 Å². The van der Waals surface area contributed by atoms with Crippen LogP contribution in [-0.4, -0.2) is 19.7 Å². The molecule has 0 aliphatic heterocycles. The van der Waals surface area contributed by atoms with Gasteiger partial charge in [0.15, 0.2) is 0 Å². The molecule has 0 spiro atoms. The van der Waals surface area contributed by atoms with E-state index in [2.05, 4.69) is 0 Å². The number of carbonyl (C=O) groups is 1. The van der Waals surface area contributed by atoms with Crippen molar-refractivity contribution in [3.8, 4) is 11.5 Å². The molecular formula is C21H20O6. The standard InChI is InChI=1S/C21H20O6/c1-14-3-8-18-15(12-21(23)27-19(18)11-14)13-26-20(22)9-10-25-17-6-4-16(24-2)5-7-17/h3-8,11-12H,9-10,13H2,1-2H3. The number of rotatable bonds is 7. The van der Waals surface area contributed by atoms with E-state index < -0.39 is 11.6 Å². The van der Waals surface area contributed by atoms with E-state index in [-0.39, 0.29) is 19.6 Å². The van der Waals surface area contributed by atoms with E-state index in [0.717, 1.165) is 16.7 Å². The molecule has 3 aromatic rings. The summed E-state index contributed by atoms with van der Waals surface area (Å²) in [6.07, 6.45) is 0.102. The fourth-order valence-corrected chi connectivity index (χ4v) is 2.61. The fraction of sp³-hybridized carbons (Fsp3) is 0.238. The summed E-state index contributed by atoms with van der Waals surface area (Å²) in [4.78, 5) is 23.7. The van der Waals surface area contributed by atoms with Crippen molar-refractivity contribution < 1.29 is 23.4 Å². The Morgan fingerprint density at radius 2 is 1.78 bits per heavy atom. The van der Waals surface area contributed by atoms with Gasteiger partial charge >= 0.3 is 11.6 Å². The highest BCUT2D eigenvalue weighted by Crippen LogP contribution is 2.20. The fourth-order valence-electron chi connectivity index (χ4n) is 2.61. The minimum absolute atomic E-state index is 0.00648. The van der Waals surface area contributed by atoms with Gasteiger partial charge in [0.2, 0.25) is 0 Å². The lowest BCUT2D eigenvalue weighted by Crippen LogP contribution is -2.11. The molecule has 140 valence electrons. The maximum Gasteiger partial charge on any atom is 0.336 e. The summed E-state index contributed by atoms with van der Waals surface area (Å²) in [5.74, 6) is 0.971.